The molecule has 0 heterocycles. The molecule has 4 N–H and O–H groups in total. The van der Waals surface area contributed by atoms with Crippen LogP contribution in [-0.2, 0) is 0 Å². The van der Waals surface area contributed by atoms with Gasteiger partial charge in [0.1, 0.15) is 5.75 Å². The van der Waals surface area contributed by atoms with E-state index in [0.717, 1.165) is 12.5 Å². The molecule has 0 saturated heterocycles. The molecule has 0 aliphatic heterocycles. The summed E-state index contributed by atoms with van der Waals surface area (Å²) in [5, 5.41) is -0.118. The van der Waals surface area contributed by atoms with Crippen LogP contribution in [0.4, 0.5) is 13.2 Å². The molecule has 0 saturated carbocycles. The van der Waals surface area contributed by atoms with Crippen LogP contribution in [-0.4, -0.2) is 12.9 Å². The third-order valence-electron chi connectivity index (χ3n) is 2.33. The van der Waals surface area contributed by atoms with Gasteiger partial charge in [0.25, 0.3) is 0 Å². The van der Waals surface area contributed by atoms with Gasteiger partial charge in [0, 0.05) is 6.04 Å². The largest absolute Gasteiger partial charge is 0.573 e. The van der Waals surface area contributed by atoms with Gasteiger partial charge in [0.05, 0.1) is 5.02 Å². The van der Waals surface area contributed by atoms with Gasteiger partial charge in [-0.3, -0.25) is 0 Å². The van der Waals surface area contributed by atoms with Crippen molar-refractivity contribution in [2.24, 2.45) is 11.5 Å². The molecule has 0 aliphatic carbocycles. The Labute approximate surface area is 120 Å². The predicted molar refractivity (Wildman–Crippen MR) is 70.6 cm³/mol. The summed E-state index contributed by atoms with van der Waals surface area (Å²) in [7, 11) is 0. The first kappa shape index (κ1) is 18.3. The van der Waals surface area contributed by atoms with E-state index in [9.17, 15) is 13.2 Å². The second-order valence-corrected chi connectivity index (χ2v) is 4.18. The van der Waals surface area contributed by atoms with E-state index in [1.165, 1.54) is 12.1 Å². The van der Waals surface area contributed by atoms with Crippen LogP contribution < -0.4 is 16.2 Å². The Kier molecular flexibility index (Phi) is 7.51. The standard InChI is InChI=1S/C11H14ClF3N2O.ClH/c12-8-6-7(9(17)2-1-5-16)3-4-10(8)18-11(13,14)15;/h3-4,6,9H,1-2,5,16-17H2;1H/t9-;/m1./s1. The normalized spacial score (nSPS) is 12.7. The van der Waals surface area contributed by atoms with Crippen LogP contribution >= 0.6 is 24.0 Å². The number of halogens is 5. The van der Waals surface area contributed by atoms with E-state index in [1.54, 1.807) is 0 Å². The smallest absolute Gasteiger partial charge is 0.404 e. The molecule has 0 aliphatic rings. The molecule has 19 heavy (non-hydrogen) atoms. The van der Waals surface area contributed by atoms with Crippen LogP contribution in [0.15, 0.2) is 18.2 Å². The highest BCUT2D eigenvalue weighted by atomic mass is 35.5. The second kappa shape index (κ2) is 7.79. The number of ether oxygens (including phenoxy) is 1. The average Bonchev–Trinajstić information content (AvgIpc) is 2.27. The van der Waals surface area contributed by atoms with E-state index in [0.29, 0.717) is 18.5 Å². The first-order valence-corrected chi connectivity index (χ1v) is 5.72. The Morgan fingerprint density at radius 2 is 1.95 bits per heavy atom. The summed E-state index contributed by atoms with van der Waals surface area (Å²) in [6.45, 7) is 0.511. The summed E-state index contributed by atoms with van der Waals surface area (Å²) in [6.07, 6.45) is -3.38. The number of alkyl halides is 3. The van der Waals surface area contributed by atoms with Gasteiger partial charge in [0.15, 0.2) is 0 Å². The predicted octanol–water partition coefficient (Wildman–Crippen LogP) is 3.40. The van der Waals surface area contributed by atoms with E-state index in [2.05, 4.69) is 4.74 Å². The average molecular weight is 319 g/mol. The Balaban J connectivity index is 0.00000324. The third-order valence-corrected chi connectivity index (χ3v) is 2.62. The molecule has 0 aromatic heterocycles. The van der Waals surface area contributed by atoms with Crippen LogP contribution in [0.2, 0.25) is 5.02 Å². The lowest BCUT2D eigenvalue weighted by atomic mass is 10.0. The van der Waals surface area contributed by atoms with Gasteiger partial charge >= 0.3 is 6.36 Å². The van der Waals surface area contributed by atoms with Crippen LogP contribution in [0.1, 0.15) is 24.4 Å². The molecule has 1 atom stereocenters. The van der Waals surface area contributed by atoms with Crippen molar-refractivity contribution < 1.29 is 17.9 Å². The molecule has 0 amide bonds. The quantitative estimate of drug-likeness (QED) is 0.874. The van der Waals surface area contributed by atoms with Crippen molar-refractivity contribution in [3.8, 4) is 5.75 Å². The molecule has 8 heteroatoms. The van der Waals surface area contributed by atoms with Crippen molar-refractivity contribution in [2.45, 2.75) is 25.2 Å². The fourth-order valence-electron chi connectivity index (χ4n) is 1.46. The molecular formula is C11H15Cl2F3N2O. The van der Waals surface area contributed by atoms with Crippen LogP contribution in [0.5, 0.6) is 5.75 Å². The van der Waals surface area contributed by atoms with Gasteiger partial charge in [-0.1, -0.05) is 17.7 Å². The topological polar surface area (TPSA) is 61.3 Å². The van der Waals surface area contributed by atoms with Gasteiger partial charge in [-0.2, -0.15) is 0 Å². The molecule has 1 aromatic carbocycles. The van der Waals surface area contributed by atoms with Crippen LogP contribution in [0.3, 0.4) is 0 Å². The summed E-state index contributed by atoms with van der Waals surface area (Å²) < 4.78 is 39.8. The van der Waals surface area contributed by atoms with Gasteiger partial charge < -0.3 is 16.2 Å². The highest BCUT2D eigenvalue weighted by Crippen LogP contribution is 2.32. The molecular weight excluding hydrogens is 304 g/mol. The zero-order valence-corrected chi connectivity index (χ0v) is 11.5. The first-order chi connectivity index (χ1) is 8.33. The number of nitrogens with two attached hydrogens (primary N) is 2. The molecule has 1 aromatic rings. The highest BCUT2D eigenvalue weighted by molar-refractivity contribution is 6.32. The van der Waals surface area contributed by atoms with E-state index < -0.39 is 12.1 Å². The third kappa shape index (κ3) is 6.33. The monoisotopic (exact) mass is 318 g/mol. The van der Waals surface area contributed by atoms with E-state index in [-0.39, 0.29) is 23.5 Å². The Bertz CT molecular complexity index is 402. The lowest BCUT2D eigenvalue weighted by Crippen LogP contribution is -2.18. The van der Waals surface area contributed by atoms with Crippen molar-refractivity contribution in [1.82, 2.24) is 0 Å². The summed E-state index contributed by atoms with van der Waals surface area (Å²) in [6, 6.07) is 3.71. The van der Waals surface area contributed by atoms with Gasteiger partial charge in [0.2, 0.25) is 0 Å². The SMILES string of the molecule is Cl.NCCC[C@@H](N)c1ccc(OC(F)(F)F)c(Cl)c1. The van der Waals surface area contributed by atoms with Crippen LogP contribution in [0, 0.1) is 0 Å². The minimum Gasteiger partial charge on any atom is -0.404 e. The molecule has 0 unspecified atom stereocenters. The van der Waals surface area contributed by atoms with Crippen molar-refractivity contribution in [1.29, 1.82) is 0 Å². The number of hydrogen-bond acceptors (Lipinski definition) is 3. The Hall–Kier alpha value is -0.690. The van der Waals surface area contributed by atoms with Crippen molar-refractivity contribution in [3.05, 3.63) is 28.8 Å². The summed E-state index contributed by atoms with van der Waals surface area (Å²) in [4.78, 5) is 0. The van der Waals surface area contributed by atoms with E-state index in [4.69, 9.17) is 23.1 Å². The van der Waals surface area contributed by atoms with Crippen molar-refractivity contribution in [2.75, 3.05) is 6.54 Å². The lowest BCUT2D eigenvalue weighted by Gasteiger charge is -2.14. The van der Waals surface area contributed by atoms with Crippen LogP contribution in [0.25, 0.3) is 0 Å². The molecule has 0 fully saturated rings. The maximum absolute atomic E-state index is 12.0. The number of rotatable bonds is 5. The van der Waals surface area contributed by atoms with Crippen molar-refractivity contribution in [3.63, 3.8) is 0 Å². The zero-order valence-electron chi connectivity index (χ0n) is 9.91. The summed E-state index contributed by atoms with van der Waals surface area (Å²) >= 11 is 5.71. The zero-order chi connectivity index (χ0) is 13.8. The summed E-state index contributed by atoms with van der Waals surface area (Å²) in [5.41, 5.74) is 11.9. The Morgan fingerprint density at radius 3 is 2.42 bits per heavy atom. The molecule has 1 rings (SSSR count). The Morgan fingerprint density at radius 1 is 1.32 bits per heavy atom. The minimum absolute atomic E-state index is 0. The molecule has 3 nitrogen and oxygen atoms in total. The van der Waals surface area contributed by atoms with Crippen molar-refractivity contribution >= 4 is 24.0 Å². The van der Waals surface area contributed by atoms with E-state index >= 15 is 0 Å². The van der Waals surface area contributed by atoms with Gasteiger partial charge in [-0.25, -0.2) is 0 Å². The maximum atomic E-state index is 12.0. The fraction of sp³-hybridized carbons (Fsp3) is 0.455. The number of benzene rings is 1. The van der Waals surface area contributed by atoms with Gasteiger partial charge in [-0.15, -0.1) is 25.6 Å². The first-order valence-electron chi connectivity index (χ1n) is 5.34. The highest BCUT2D eigenvalue weighted by Gasteiger charge is 2.32. The molecule has 0 bridgehead atoms. The lowest BCUT2D eigenvalue weighted by molar-refractivity contribution is -0.274. The second-order valence-electron chi connectivity index (χ2n) is 3.78. The molecule has 0 spiro atoms. The summed E-state index contributed by atoms with van der Waals surface area (Å²) in [5.74, 6) is -0.432. The van der Waals surface area contributed by atoms with E-state index in [1.807, 2.05) is 0 Å². The molecule has 110 valence electrons. The minimum atomic E-state index is -4.76. The maximum Gasteiger partial charge on any atom is 0.573 e. The number of hydrogen-bond donors (Lipinski definition) is 2. The molecule has 0 radical (unpaired) electrons. The fourth-order valence-corrected chi connectivity index (χ4v) is 1.69. The van der Waals surface area contributed by atoms with Gasteiger partial charge in [-0.05, 0) is 37.1 Å².